The van der Waals surface area contributed by atoms with Crippen LogP contribution in [0.5, 0.6) is 5.75 Å². The Hall–Kier alpha value is -4.44. The van der Waals surface area contributed by atoms with Crippen LogP contribution >= 0.6 is 11.8 Å². The summed E-state index contributed by atoms with van der Waals surface area (Å²) in [5.74, 6) is 0.533. The van der Waals surface area contributed by atoms with Crippen molar-refractivity contribution in [2.75, 3.05) is 18.2 Å². The number of para-hydroxylation sites is 1. The summed E-state index contributed by atoms with van der Waals surface area (Å²) in [7, 11) is 1.56. The molecule has 3 aromatic rings. The molecule has 3 aromatic carbocycles. The van der Waals surface area contributed by atoms with Gasteiger partial charge in [-0.3, -0.25) is 19.4 Å². The van der Waals surface area contributed by atoms with Gasteiger partial charge in [-0.2, -0.15) is 0 Å². The minimum atomic E-state index is -0.704. The zero-order valence-corrected chi connectivity index (χ0v) is 22.1. The number of nitrogens with zero attached hydrogens (tertiary/aromatic N) is 3. The fourth-order valence-electron chi connectivity index (χ4n) is 4.27. The van der Waals surface area contributed by atoms with Crippen LogP contribution in [0.15, 0.2) is 88.8 Å². The second kappa shape index (κ2) is 12.0. The van der Waals surface area contributed by atoms with E-state index in [2.05, 4.69) is 15.6 Å². The average Bonchev–Trinajstić information content (AvgIpc) is 3.30. The Labute approximate surface area is 230 Å². The first-order valence-corrected chi connectivity index (χ1v) is 13.5. The number of benzene rings is 3. The number of carbonyl (C=O) groups excluding carboxylic acids is 3. The highest BCUT2D eigenvalue weighted by molar-refractivity contribution is 8.14. The molecule has 198 valence electrons. The van der Waals surface area contributed by atoms with Gasteiger partial charge >= 0.3 is 0 Å². The number of anilines is 1. The number of thioether (sulfide) groups is 1. The second-order valence-electron chi connectivity index (χ2n) is 8.92. The van der Waals surface area contributed by atoms with Crippen molar-refractivity contribution in [2.45, 2.75) is 25.4 Å². The lowest BCUT2D eigenvalue weighted by atomic mass is 10.1. The van der Waals surface area contributed by atoms with Crippen molar-refractivity contribution in [1.29, 1.82) is 0 Å². The minimum absolute atomic E-state index is 0.0435. The molecule has 0 aliphatic carbocycles. The van der Waals surface area contributed by atoms with Crippen LogP contribution in [0.1, 0.15) is 24.0 Å². The molecule has 2 N–H and O–H groups in total. The number of amidine groups is 2. The van der Waals surface area contributed by atoms with Gasteiger partial charge < -0.3 is 15.4 Å². The van der Waals surface area contributed by atoms with E-state index in [0.717, 1.165) is 22.9 Å². The molecule has 9 nitrogen and oxygen atoms in total. The Morgan fingerprint density at radius 3 is 2.62 bits per heavy atom. The van der Waals surface area contributed by atoms with Gasteiger partial charge in [0.25, 0.3) is 5.91 Å². The van der Waals surface area contributed by atoms with Gasteiger partial charge in [0.15, 0.2) is 5.17 Å². The van der Waals surface area contributed by atoms with E-state index in [4.69, 9.17) is 9.73 Å². The average molecular weight is 542 g/mol. The lowest BCUT2D eigenvalue weighted by molar-refractivity contribution is -0.125. The molecule has 0 saturated heterocycles. The number of fused-ring (bicyclic) bond motifs is 3. The highest BCUT2D eigenvalue weighted by Gasteiger charge is 2.41. The highest BCUT2D eigenvalue weighted by atomic mass is 32.2. The Bertz CT molecular complexity index is 1460. The molecule has 2 aliphatic rings. The van der Waals surface area contributed by atoms with Crippen molar-refractivity contribution in [3.8, 4) is 5.75 Å². The summed E-state index contributed by atoms with van der Waals surface area (Å²) in [6, 6.07) is 23.5. The molecule has 0 spiro atoms. The van der Waals surface area contributed by atoms with Gasteiger partial charge in [-0.15, -0.1) is 0 Å². The fourth-order valence-corrected chi connectivity index (χ4v) is 5.07. The Morgan fingerprint density at radius 2 is 1.79 bits per heavy atom. The normalized spacial score (nSPS) is 15.6. The third kappa shape index (κ3) is 6.18. The molecular weight excluding hydrogens is 514 g/mol. The van der Waals surface area contributed by atoms with Crippen molar-refractivity contribution in [3.05, 3.63) is 90.0 Å². The van der Waals surface area contributed by atoms with Crippen LogP contribution in [-0.4, -0.2) is 52.5 Å². The van der Waals surface area contributed by atoms with Crippen molar-refractivity contribution >= 4 is 51.9 Å². The molecule has 0 radical (unpaired) electrons. The fraction of sp³-hybridized carbons (Fsp3) is 0.207. The minimum Gasteiger partial charge on any atom is -0.497 e. The molecule has 0 bridgehead atoms. The van der Waals surface area contributed by atoms with Gasteiger partial charge in [-0.05, 0) is 36.2 Å². The largest absolute Gasteiger partial charge is 0.497 e. The summed E-state index contributed by atoms with van der Waals surface area (Å²) in [6.45, 7) is 0.428. The monoisotopic (exact) mass is 541 g/mol. The van der Waals surface area contributed by atoms with E-state index in [9.17, 15) is 14.4 Å². The van der Waals surface area contributed by atoms with E-state index in [1.54, 1.807) is 31.4 Å². The standard InChI is InChI=1S/C29H27N5O4S/c1-38-21-11-7-10-20(16-21)31-26(36)18-39-29-33-23-13-6-5-12-22(23)27-32-24(28(37)34(27)29)14-15-25(35)30-17-19-8-3-2-4-9-19/h2-13,16,24H,14-15,17-18H2,1H3,(H,30,35)(H,31,36). The third-order valence-electron chi connectivity index (χ3n) is 6.21. The first-order valence-electron chi connectivity index (χ1n) is 12.5. The summed E-state index contributed by atoms with van der Waals surface area (Å²) < 4.78 is 5.20. The number of hydrogen-bond acceptors (Lipinski definition) is 7. The summed E-state index contributed by atoms with van der Waals surface area (Å²) in [6.07, 6.45) is 0.438. The van der Waals surface area contributed by atoms with E-state index in [1.807, 2.05) is 54.6 Å². The summed E-state index contributed by atoms with van der Waals surface area (Å²) in [5, 5.41) is 6.11. The number of nitrogens with one attached hydrogen (secondary N) is 2. The number of aliphatic imine (C=N–C) groups is 2. The Balaban J connectivity index is 1.24. The summed E-state index contributed by atoms with van der Waals surface area (Å²) >= 11 is 1.16. The highest BCUT2D eigenvalue weighted by Crippen LogP contribution is 2.34. The smallest absolute Gasteiger partial charge is 0.259 e. The third-order valence-corrected chi connectivity index (χ3v) is 7.15. The molecule has 3 amide bonds. The maximum atomic E-state index is 13.4. The SMILES string of the molecule is COc1cccc(NC(=O)CSC2=Nc3ccccc3C3=NC(CCC(=O)NCc4ccccc4)C(=O)N23)c1. The Kier molecular flexibility index (Phi) is 8.02. The number of rotatable bonds is 9. The summed E-state index contributed by atoms with van der Waals surface area (Å²) in [4.78, 5) is 49.4. The van der Waals surface area contributed by atoms with Gasteiger partial charge in [-0.1, -0.05) is 60.3 Å². The van der Waals surface area contributed by atoms with Gasteiger partial charge in [-0.25, -0.2) is 9.89 Å². The predicted molar refractivity (Wildman–Crippen MR) is 152 cm³/mol. The van der Waals surface area contributed by atoms with E-state index >= 15 is 0 Å². The van der Waals surface area contributed by atoms with Gasteiger partial charge in [0.1, 0.15) is 17.6 Å². The van der Waals surface area contributed by atoms with Crippen molar-refractivity contribution in [3.63, 3.8) is 0 Å². The molecule has 1 atom stereocenters. The number of hydrogen-bond donors (Lipinski definition) is 2. The maximum absolute atomic E-state index is 13.4. The van der Waals surface area contributed by atoms with E-state index in [-0.39, 0.29) is 36.3 Å². The quantitative estimate of drug-likeness (QED) is 0.423. The number of amides is 3. The van der Waals surface area contributed by atoms with Crippen molar-refractivity contribution in [2.24, 2.45) is 9.98 Å². The van der Waals surface area contributed by atoms with Crippen LogP contribution in [-0.2, 0) is 20.9 Å². The van der Waals surface area contributed by atoms with Gasteiger partial charge in [0, 0.05) is 30.3 Å². The molecule has 0 saturated carbocycles. The zero-order valence-electron chi connectivity index (χ0n) is 21.3. The molecule has 0 fully saturated rings. The maximum Gasteiger partial charge on any atom is 0.259 e. The second-order valence-corrected chi connectivity index (χ2v) is 9.87. The molecule has 2 aliphatic heterocycles. The van der Waals surface area contributed by atoms with Gasteiger partial charge in [0.2, 0.25) is 11.8 Å². The molecule has 5 rings (SSSR count). The van der Waals surface area contributed by atoms with Crippen molar-refractivity contribution < 1.29 is 19.1 Å². The predicted octanol–water partition coefficient (Wildman–Crippen LogP) is 4.12. The van der Waals surface area contributed by atoms with Crippen LogP contribution in [0.2, 0.25) is 0 Å². The van der Waals surface area contributed by atoms with E-state index in [0.29, 0.717) is 34.7 Å². The van der Waals surface area contributed by atoms with Crippen LogP contribution in [0.4, 0.5) is 11.4 Å². The number of methoxy groups -OCH3 is 1. The Morgan fingerprint density at radius 1 is 1.00 bits per heavy atom. The molecule has 10 heteroatoms. The number of ether oxygens (including phenoxy) is 1. The lowest BCUT2D eigenvalue weighted by Gasteiger charge is -2.25. The number of carbonyl (C=O) groups is 3. The molecule has 2 heterocycles. The van der Waals surface area contributed by atoms with Gasteiger partial charge in [0.05, 0.1) is 18.6 Å². The van der Waals surface area contributed by atoms with Crippen LogP contribution < -0.4 is 15.4 Å². The zero-order chi connectivity index (χ0) is 27.2. The molecular formula is C29H27N5O4S. The van der Waals surface area contributed by atoms with Crippen molar-refractivity contribution in [1.82, 2.24) is 10.2 Å². The van der Waals surface area contributed by atoms with Crippen LogP contribution in [0.25, 0.3) is 0 Å². The first kappa shape index (κ1) is 26.2. The van der Waals surface area contributed by atoms with Crippen LogP contribution in [0, 0.1) is 0 Å². The summed E-state index contributed by atoms with van der Waals surface area (Å²) in [5.41, 5.74) is 3.04. The molecule has 39 heavy (non-hydrogen) atoms. The molecule has 1 unspecified atom stereocenters. The molecule has 0 aromatic heterocycles. The topological polar surface area (TPSA) is 112 Å². The first-order chi connectivity index (χ1) is 19.0. The van der Waals surface area contributed by atoms with E-state index in [1.165, 1.54) is 4.90 Å². The van der Waals surface area contributed by atoms with E-state index < -0.39 is 6.04 Å². The van der Waals surface area contributed by atoms with Crippen LogP contribution in [0.3, 0.4) is 0 Å². The lowest BCUT2D eigenvalue weighted by Crippen LogP contribution is -2.41.